The minimum absolute atomic E-state index is 0.158. The number of rotatable bonds is 4. The van der Waals surface area contributed by atoms with Gasteiger partial charge < -0.3 is 4.72 Å². The van der Waals surface area contributed by atoms with Crippen LogP contribution in [0.4, 0.5) is 27.6 Å². The summed E-state index contributed by atoms with van der Waals surface area (Å²) in [6.07, 6.45) is -3.12. The van der Waals surface area contributed by atoms with Gasteiger partial charge in [-0.05, 0) is 29.5 Å². The Kier molecular flexibility index (Phi) is 5.23. The molecule has 0 aliphatic carbocycles. The summed E-state index contributed by atoms with van der Waals surface area (Å²) < 4.78 is 70.5. The molecule has 2 nitrogen and oxygen atoms in total. The van der Waals surface area contributed by atoms with Crippen molar-refractivity contribution >= 4 is 69.5 Å². The summed E-state index contributed by atoms with van der Waals surface area (Å²) in [4.78, 5) is 0.767. The Morgan fingerprint density at radius 2 is 1.92 bits per heavy atom. The van der Waals surface area contributed by atoms with Crippen molar-refractivity contribution in [2.75, 3.05) is 4.72 Å². The lowest BCUT2D eigenvalue weighted by Crippen LogP contribution is -2.09. The van der Waals surface area contributed by atoms with Gasteiger partial charge in [-0.3, -0.25) is 3.97 Å². The molecule has 0 aliphatic rings. The SMILES string of the molecule is Fc1cc(C(F)(F)F)c(F)cc1NSc1cn(SI)c2ccsc12. The van der Waals surface area contributed by atoms with Crippen molar-refractivity contribution in [3.63, 3.8) is 0 Å². The number of hydrogen-bond acceptors (Lipinski definition) is 4. The molecule has 0 saturated heterocycles. The van der Waals surface area contributed by atoms with Gasteiger partial charge in [0.1, 0.15) is 11.6 Å². The summed E-state index contributed by atoms with van der Waals surface area (Å²) in [5.74, 6) is -2.69. The molecule has 0 saturated carbocycles. The van der Waals surface area contributed by atoms with Crippen LogP contribution >= 0.6 is 53.6 Å². The van der Waals surface area contributed by atoms with Gasteiger partial charge in [-0.15, -0.1) is 11.3 Å². The third kappa shape index (κ3) is 3.48. The Hall–Kier alpha value is -0.660. The number of benzene rings is 1. The fourth-order valence-corrected chi connectivity index (χ4v) is 5.24. The maximum absolute atomic E-state index is 13.8. The number of anilines is 1. The first kappa shape index (κ1) is 18.1. The van der Waals surface area contributed by atoms with E-state index >= 15 is 0 Å². The van der Waals surface area contributed by atoms with Gasteiger partial charge in [0.2, 0.25) is 0 Å². The normalized spacial score (nSPS) is 12.1. The van der Waals surface area contributed by atoms with E-state index in [-0.39, 0.29) is 11.8 Å². The van der Waals surface area contributed by atoms with E-state index in [0.29, 0.717) is 6.07 Å². The van der Waals surface area contributed by atoms with Crippen LogP contribution in [-0.2, 0) is 6.18 Å². The lowest BCUT2D eigenvalue weighted by molar-refractivity contribution is -0.140. The average molecular weight is 508 g/mol. The molecular weight excluding hydrogens is 502 g/mol. The lowest BCUT2D eigenvalue weighted by atomic mass is 10.2. The molecule has 2 aromatic heterocycles. The molecule has 0 unspecified atom stereocenters. The largest absolute Gasteiger partial charge is 0.419 e. The van der Waals surface area contributed by atoms with Crippen molar-refractivity contribution in [1.29, 1.82) is 0 Å². The van der Waals surface area contributed by atoms with Gasteiger partial charge in [0.25, 0.3) is 0 Å². The van der Waals surface area contributed by atoms with Crippen molar-refractivity contribution in [3.8, 4) is 0 Å². The van der Waals surface area contributed by atoms with Crippen molar-refractivity contribution in [1.82, 2.24) is 3.97 Å². The van der Waals surface area contributed by atoms with Gasteiger partial charge in [0.05, 0.1) is 26.4 Å². The number of hydrogen-bond donors (Lipinski definition) is 1. The third-order valence-electron chi connectivity index (χ3n) is 3.05. The molecule has 0 amide bonds. The fraction of sp³-hybridized carbons (Fsp3) is 0.0769. The molecule has 0 aliphatic heterocycles. The highest BCUT2D eigenvalue weighted by molar-refractivity contribution is 14.2. The molecule has 11 heteroatoms. The molecule has 0 spiro atoms. The Labute approximate surface area is 157 Å². The van der Waals surface area contributed by atoms with E-state index in [9.17, 15) is 22.0 Å². The van der Waals surface area contributed by atoms with Gasteiger partial charge in [-0.2, -0.15) is 13.2 Å². The zero-order valence-corrected chi connectivity index (χ0v) is 15.9. The number of thiophene rings is 1. The van der Waals surface area contributed by atoms with Gasteiger partial charge >= 0.3 is 6.18 Å². The van der Waals surface area contributed by atoms with E-state index in [1.54, 1.807) is 0 Å². The summed E-state index contributed by atoms with van der Waals surface area (Å²) in [6.45, 7) is 0. The van der Waals surface area contributed by atoms with Crippen LogP contribution < -0.4 is 4.72 Å². The Morgan fingerprint density at radius 1 is 1.17 bits per heavy atom. The average Bonchev–Trinajstić information content (AvgIpc) is 3.09. The molecule has 1 N–H and O–H groups in total. The Bertz CT molecular complexity index is 890. The second-order valence-electron chi connectivity index (χ2n) is 4.54. The number of nitrogens with zero attached hydrogens (tertiary/aromatic N) is 1. The standard InChI is InChI=1S/C13H6F5IN2S3/c14-7-4-9(8(15)3-6(7)13(16,17)18)20-23-11-5-21(24-19)10-1-2-22-12(10)11/h1-5,20H. The Morgan fingerprint density at radius 3 is 2.58 bits per heavy atom. The van der Waals surface area contributed by atoms with E-state index in [1.165, 1.54) is 20.5 Å². The predicted octanol–water partition coefficient (Wildman–Crippen LogP) is 6.97. The van der Waals surface area contributed by atoms with E-state index in [2.05, 4.69) is 25.9 Å². The van der Waals surface area contributed by atoms with Crippen molar-refractivity contribution in [2.45, 2.75) is 11.1 Å². The van der Waals surface area contributed by atoms with Gasteiger partial charge in [-0.1, -0.05) is 0 Å². The molecular formula is C13H6F5IN2S3. The van der Waals surface area contributed by atoms with Crippen LogP contribution in [0.5, 0.6) is 0 Å². The van der Waals surface area contributed by atoms with Crippen molar-refractivity contribution in [2.24, 2.45) is 0 Å². The first-order valence-electron chi connectivity index (χ1n) is 6.18. The topological polar surface area (TPSA) is 17.0 Å². The maximum Gasteiger partial charge on any atom is 0.419 e. The summed E-state index contributed by atoms with van der Waals surface area (Å²) in [5, 5.41) is 1.90. The number of nitrogens with one attached hydrogen (secondary N) is 1. The van der Waals surface area contributed by atoms with E-state index < -0.39 is 23.4 Å². The maximum atomic E-state index is 13.8. The van der Waals surface area contributed by atoms with E-state index in [0.717, 1.165) is 27.1 Å². The van der Waals surface area contributed by atoms with Crippen molar-refractivity contribution < 1.29 is 22.0 Å². The molecule has 3 rings (SSSR count). The van der Waals surface area contributed by atoms with Crippen LogP contribution in [0.2, 0.25) is 0 Å². The lowest BCUT2D eigenvalue weighted by Gasteiger charge is -2.11. The predicted molar refractivity (Wildman–Crippen MR) is 97.7 cm³/mol. The van der Waals surface area contributed by atoms with E-state index in [4.69, 9.17) is 0 Å². The number of alkyl halides is 3. The number of halogens is 6. The molecule has 0 radical (unpaired) electrons. The van der Waals surface area contributed by atoms with Crippen LogP contribution in [-0.4, -0.2) is 3.97 Å². The summed E-state index contributed by atoms with van der Waals surface area (Å²) >= 11 is 4.61. The first-order chi connectivity index (χ1) is 11.3. The minimum Gasteiger partial charge on any atom is -0.323 e. The second kappa shape index (κ2) is 6.92. The molecule has 128 valence electrons. The fourth-order valence-electron chi connectivity index (χ4n) is 1.98. The second-order valence-corrected chi connectivity index (χ2v) is 8.01. The van der Waals surface area contributed by atoms with Crippen LogP contribution in [0.1, 0.15) is 5.56 Å². The van der Waals surface area contributed by atoms with Gasteiger partial charge in [-0.25, -0.2) is 8.78 Å². The zero-order valence-electron chi connectivity index (χ0n) is 11.3. The van der Waals surface area contributed by atoms with E-state index in [1.807, 2.05) is 21.6 Å². The van der Waals surface area contributed by atoms with Crippen LogP contribution in [0, 0.1) is 11.6 Å². The minimum atomic E-state index is -4.94. The van der Waals surface area contributed by atoms with Crippen LogP contribution in [0.15, 0.2) is 34.7 Å². The highest BCUT2D eigenvalue weighted by atomic mass is 127. The third-order valence-corrected chi connectivity index (χ3v) is 6.69. The molecule has 24 heavy (non-hydrogen) atoms. The molecule has 0 bridgehead atoms. The summed E-state index contributed by atoms with van der Waals surface area (Å²) in [5.41, 5.74) is -0.989. The quantitative estimate of drug-likeness (QED) is 0.233. The van der Waals surface area contributed by atoms with Gasteiger partial charge in [0.15, 0.2) is 0 Å². The molecule has 2 heterocycles. The highest BCUT2D eigenvalue weighted by Gasteiger charge is 2.35. The first-order valence-corrected chi connectivity index (χ1v) is 11.2. The molecule has 3 aromatic rings. The summed E-state index contributed by atoms with van der Waals surface area (Å²) in [7, 11) is 1.45. The van der Waals surface area contributed by atoms with Crippen LogP contribution in [0.25, 0.3) is 10.2 Å². The smallest absolute Gasteiger partial charge is 0.323 e. The zero-order chi connectivity index (χ0) is 17.5. The molecule has 0 atom stereocenters. The monoisotopic (exact) mass is 508 g/mol. The highest BCUT2D eigenvalue weighted by Crippen LogP contribution is 2.39. The number of fused-ring (bicyclic) bond motifs is 1. The molecule has 0 fully saturated rings. The molecule has 1 aromatic carbocycles. The van der Waals surface area contributed by atoms with Crippen LogP contribution in [0.3, 0.4) is 0 Å². The van der Waals surface area contributed by atoms with Crippen molar-refractivity contribution in [3.05, 3.63) is 47.0 Å². The van der Waals surface area contributed by atoms with Gasteiger partial charge in [0, 0.05) is 42.6 Å². The number of aromatic nitrogens is 1. The summed E-state index contributed by atoms with van der Waals surface area (Å²) in [6, 6.07) is 2.60. The Balaban J connectivity index is 1.86.